The molecular formula is C11H12Cl2N2O3. The third kappa shape index (κ3) is 3.85. The first kappa shape index (κ1) is 14.7. The summed E-state index contributed by atoms with van der Waals surface area (Å²) < 4.78 is 0. The number of rotatable bonds is 5. The van der Waals surface area contributed by atoms with Crippen LogP contribution in [0.5, 0.6) is 0 Å². The molecular weight excluding hydrogens is 279 g/mol. The molecule has 98 valence electrons. The van der Waals surface area contributed by atoms with Gasteiger partial charge < -0.3 is 10.4 Å². The van der Waals surface area contributed by atoms with Crippen molar-refractivity contribution in [1.29, 1.82) is 0 Å². The number of carboxylic acids is 1. The number of carbonyl (C=O) groups is 2. The van der Waals surface area contributed by atoms with E-state index in [1.807, 2.05) is 0 Å². The number of hydrogen-bond donors (Lipinski definition) is 2. The Hall–Kier alpha value is -1.33. The lowest BCUT2D eigenvalue weighted by atomic mass is 10.1. The van der Waals surface area contributed by atoms with Crippen molar-refractivity contribution in [1.82, 2.24) is 10.3 Å². The fourth-order valence-corrected chi connectivity index (χ4v) is 1.65. The first-order valence-electron chi connectivity index (χ1n) is 5.27. The van der Waals surface area contributed by atoms with Gasteiger partial charge in [0.05, 0.1) is 16.5 Å². The fourth-order valence-electron chi connectivity index (χ4n) is 1.30. The minimum Gasteiger partial charge on any atom is -0.481 e. The molecule has 2 N–H and O–H groups in total. The van der Waals surface area contributed by atoms with E-state index < -0.39 is 17.8 Å². The second-order valence-corrected chi connectivity index (χ2v) is 4.43. The van der Waals surface area contributed by atoms with Crippen molar-refractivity contribution in [3.05, 3.63) is 28.0 Å². The molecule has 0 aromatic carbocycles. The Balaban J connectivity index is 2.71. The predicted octanol–water partition coefficient (Wildman–Crippen LogP) is 2.23. The number of carbonyl (C=O) groups excluding carboxylic acids is 1. The zero-order valence-corrected chi connectivity index (χ0v) is 11.1. The minimum atomic E-state index is -0.948. The largest absolute Gasteiger partial charge is 0.481 e. The molecule has 5 nitrogen and oxygen atoms in total. The predicted molar refractivity (Wildman–Crippen MR) is 68.0 cm³/mol. The maximum atomic E-state index is 11.8. The first-order valence-corrected chi connectivity index (χ1v) is 6.03. The summed E-state index contributed by atoms with van der Waals surface area (Å²) in [4.78, 5) is 26.3. The summed E-state index contributed by atoms with van der Waals surface area (Å²) >= 11 is 11.5. The molecule has 0 aliphatic rings. The number of halogens is 2. The summed E-state index contributed by atoms with van der Waals surface area (Å²) in [5.74, 6) is -2.04. The maximum Gasteiger partial charge on any atom is 0.308 e. The van der Waals surface area contributed by atoms with Gasteiger partial charge in [-0.05, 0) is 12.5 Å². The molecule has 1 heterocycles. The highest BCUT2D eigenvalue weighted by Crippen LogP contribution is 2.18. The van der Waals surface area contributed by atoms with E-state index in [4.69, 9.17) is 28.3 Å². The Morgan fingerprint density at radius 1 is 1.50 bits per heavy atom. The van der Waals surface area contributed by atoms with E-state index in [0.717, 1.165) is 0 Å². The van der Waals surface area contributed by atoms with E-state index in [0.29, 0.717) is 6.42 Å². The molecule has 1 rings (SSSR count). The van der Waals surface area contributed by atoms with Crippen molar-refractivity contribution in [3.63, 3.8) is 0 Å². The Morgan fingerprint density at radius 2 is 2.17 bits per heavy atom. The third-order valence-corrected chi connectivity index (χ3v) is 2.93. The highest BCUT2D eigenvalue weighted by molar-refractivity contribution is 6.35. The quantitative estimate of drug-likeness (QED) is 0.815. The molecule has 1 amide bonds. The Morgan fingerprint density at radius 3 is 2.72 bits per heavy atom. The number of nitrogens with zero attached hydrogens (tertiary/aromatic N) is 1. The maximum absolute atomic E-state index is 11.8. The van der Waals surface area contributed by atoms with Gasteiger partial charge in [0.25, 0.3) is 5.91 Å². The summed E-state index contributed by atoms with van der Waals surface area (Å²) in [6.45, 7) is 1.78. The average Bonchev–Trinajstić information content (AvgIpc) is 2.32. The number of aliphatic carboxylic acids is 1. The highest BCUT2D eigenvalue weighted by Gasteiger charge is 2.18. The normalized spacial score (nSPS) is 11.9. The van der Waals surface area contributed by atoms with Crippen molar-refractivity contribution in [2.24, 2.45) is 5.92 Å². The van der Waals surface area contributed by atoms with Crippen LogP contribution >= 0.6 is 23.2 Å². The molecule has 0 spiro atoms. The van der Waals surface area contributed by atoms with Crippen molar-refractivity contribution in [2.45, 2.75) is 13.3 Å². The van der Waals surface area contributed by atoms with Gasteiger partial charge in [-0.3, -0.25) is 9.59 Å². The summed E-state index contributed by atoms with van der Waals surface area (Å²) in [6.07, 6.45) is 1.70. The summed E-state index contributed by atoms with van der Waals surface area (Å²) in [6, 6.07) is 1.33. The highest BCUT2D eigenvalue weighted by atomic mass is 35.5. The summed E-state index contributed by atoms with van der Waals surface area (Å²) in [5, 5.41) is 11.7. The molecule has 0 bridgehead atoms. The van der Waals surface area contributed by atoms with Crippen LogP contribution in [0, 0.1) is 5.92 Å². The monoisotopic (exact) mass is 290 g/mol. The van der Waals surface area contributed by atoms with Crippen molar-refractivity contribution in [3.8, 4) is 0 Å². The van der Waals surface area contributed by atoms with Crippen LogP contribution in [-0.4, -0.2) is 28.5 Å². The number of aromatic nitrogens is 1. The van der Waals surface area contributed by atoms with Crippen LogP contribution in [-0.2, 0) is 4.79 Å². The van der Waals surface area contributed by atoms with Crippen LogP contribution in [0.25, 0.3) is 0 Å². The molecule has 1 aromatic heterocycles. The van der Waals surface area contributed by atoms with E-state index in [-0.39, 0.29) is 22.3 Å². The second-order valence-electron chi connectivity index (χ2n) is 3.64. The van der Waals surface area contributed by atoms with Gasteiger partial charge in [-0.1, -0.05) is 30.1 Å². The standard InChI is InChI=1S/C11H12Cl2N2O3/c1-2-6(11(17)18)4-15-10(16)7-3-9(13)14-5-8(7)12/h3,5-6H,2,4H2,1H3,(H,15,16)(H,17,18). The van der Waals surface area contributed by atoms with Crippen LogP contribution in [0.15, 0.2) is 12.3 Å². The molecule has 0 radical (unpaired) electrons. The van der Waals surface area contributed by atoms with Gasteiger partial charge in [-0.15, -0.1) is 0 Å². The Kier molecular flexibility index (Phi) is 5.37. The SMILES string of the molecule is CCC(CNC(=O)c1cc(Cl)ncc1Cl)C(=O)O. The number of carboxylic acid groups (broad SMARTS) is 1. The minimum absolute atomic E-state index is 0.0426. The first-order chi connectivity index (χ1) is 8.45. The number of amides is 1. The van der Waals surface area contributed by atoms with E-state index in [1.165, 1.54) is 12.3 Å². The Labute approximate surface area is 114 Å². The van der Waals surface area contributed by atoms with E-state index in [9.17, 15) is 9.59 Å². The molecule has 1 aromatic rings. The molecule has 0 aliphatic carbocycles. The molecule has 0 saturated carbocycles. The zero-order chi connectivity index (χ0) is 13.7. The van der Waals surface area contributed by atoms with Gasteiger partial charge in [0, 0.05) is 12.7 Å². The van der Waals surface area contributed by atoms with Crippen LogP contribution < -0.4 is 5.32 Å². The lowest BCUT2D eigenvalue weighted by Crippen LogP contribution is -2.32. The van der Waals surface area contributed by atoms with Gasteiger partial charge in [0.2, 0.25) is 0 Å². The van der Waals surface area contributed by atoms with Gasteiger partial charge in [-0.25, -0.2) is 4.98 Å². The lowest BCUT2D eigenvalue weighted by Gasteiger charge is -2.11. The average molecular weight is 291 g/mol. The van der Waals surface area contributed by atoms with Crippen LogP contribution in [0.1, 0.15) is 23.7 Å². The third-order valence-electron chi connectivity index (χ3n) is 2.42. The Bertz CT molecular complexity index is 466. The van der Waals surface area contributed by atoms with Gasteiger partial charge in [-0.2, -0.15) is 0 Å². The number of pyridine rings is 1. The lowest BCUT2D eigenvalue weighted by molar-refractivity contribution is -0.141. The van der Waals surface area contributed by atoms with Gasteiger partial charge in [0.1, 0.15) is 5.15 Å². The fraction of sp³-hybridized carbons (Fsp3) is 0.364. The van der Waals surface area contributed by atoms with Crippen molar-refractivity contribution < 1.29 is 14.7 Å². The molecule has 0 aliphatic heterocycles. The van der Waals surface area contributed by atoms with Crippen molar-refractivity contribution >= 4 is 35.1 Å². The zero-order valence-electron chi connectivity index (χ0n) is 9.61. The summed E-state index contributed by atoms with van der Waals surface area (Å²) in [7, 11) is 0. The second kappa shape index (κ2) is 6.56. The van der Waals surface area contributed by atoms with E-state index in [1.54, 1.807) is 6.92 Å². The molecule has 7 heteroatoms. The smallest absolute Gasteiger partial charge is 0.308 e. The molecule has 1 atom stereocenters. The van der Waals surface area contributed by atoms with Crippen LogP contribution in [0.2, 0.25) is 10.2 Å². The van der Waals surface area contributed by atoms with Crippen molar-refractivity contribution in [2.75, 3.05) is 6.54 Å². The molecule has 0 fully saturated rings. The van der Waals surface area contributed by atoms with Crippen LogP contribution in [0.3, 0.4) is 0 Å². The number of hydrogen-bond acceptors (Lipinski definition) is 3. The molecule has 1 unspecified atom stereocenters. The van der Waals surface area contributed by atoms with E-state index >= 15 is 0 Å². The molecule has 18 heavy (non-hydrogen) atoms. The van der Waals surface area contributed by atoms with Gasteiger partial charge >= 0.3 is 5.97 Å². The van der Waals surface area contributed by atoms with Crippen LogP contribution in [0.4, 0.5) is 0 Å². The summed E-state index contributed by atoms with van der Waals surface area (Å²) in [5.41, 5.74) is 0.178. The topological polar surface area (TPSA) is 79.3 Å². The van der Waals surface area contributed by atoms with Gasteiger partial charge in [0.15, 0.2) is 0 Å². The molecule has 0 saturated heterocycles. The van der Waals surface area contributed by atoms with E-state index in [2.05, 4.69) is 10.3 Å². The number of nitrogens with one attached hydrogen (secondary N) is 1.